The average molecular weight is 305 g/mol. The minimum Gasteiger partial charge on any atom is -0.289 e. The minimum absolute atomic E-state index is 0.260. The molecule has 0 fully saturated rings. The normalized spacial score (nSPS) is 12.9. The Balaban J connectivity index is 1.71. The van der Waals surface area contributed by atoms with E-state index in [0.717, 1.165) is 36.2 Å². The van der Waals surface area contributed by atoms with E-state index in [1.807, 2.05) is 35.0 Å². The molecule has 4 rings (SSSR count). The van der Waals surface area contributed by atoms with Crippen LogP contribution in [0.25, 0.3) is 5.69 Å². The van der Waals surface area contributed by atoms with Crippen LogP contribution in [-0.4, -0.2) is 25.7 Å². The zero-order valence-corrected chi connectivity index (χ0v) is 12.4. The van der Waals surface area contributed by atoms with E-state index in [0.29, 0.717) is 11.6 Å². The fourth-order valence-electron chi connectivity index (χ4n) is 2.93. The fourth-order valence-corrected chi connectivity index (χ4v) is 2.93. The zero-order valence-electron chi connectivity index (χ0n) is 12.4. The van der Waals surface area contributed by atoms with Crippen molar-refractivity contribution >= 4 is 11.9 Å². The molecule has 0 spiro atoms. The predicted molar refractivity (Wildman–Crippen MR) is 85.6 cm³/mol. The number of anilines is 1. The highest BCUT2D eigenvalue weighted by Gasteiger charge is 2.27. The second-order valence-electron chi connectivity index (χ2n) is 5.40. The average Bonchev–Trinajstić information content (AvgIpc) is 3.18. The molecule has 1 amide bonds. The SMILES string of the molecule is O=C(Nc1ncccn1)c1nn(-c2ccccc2)c2c1CCC2. The first-order chi connectivity index (χ1) is 11.3. The van der Waals surface area contributed by atoms with Crippen molar-refractivity contribution in [2.24, 2.45) is 0 Å². The summed E-state index contributed by atoms with van der Waals surface area (Å²) in [6, 6.07) is 11.6. The lowest BCUT2D eigenvalue weighted by atomic mass is 10.2. The van der Waals surface area contributed by atoms with Crippen molar-refractivity contribution in [1.82, 2.24) is 19.7 Å². The Morgan fingerprint density at radius 2 is 1.83 bits per heavy atom. The Bertz CT molecular complexity index is 842. The van der Waals surface area contributed by atoms with E-state index in [1.165, 1.54) is 0 Å². The summed E-state index contributed by atoms with van der Waals surface area (Å²) in [5, 5.41) is 7.26. The molecule has 0 atom stereocenters. The maximum Gasteiger partial charge on any atom is 0.278 e. The molecule has 6 heteroatoms. The van der Waals surface area contributed by atoms with Gasteiger partial charge in [-0.2, -0.15) is 5.10 Å². The van der Waals surface area contributed by atoms with Crippen LogP contribution >= 0.6 is 0 Å². The van der Waals surface area contributed by atoms with Crippen molar-refractivity contribution in [3.05, 3.63) is 65.7 Å². The van der Waals surface area contributed by atoms with Crippen molar-refractivity contribution < 1.29 is 4.79 Å². The highest BCUT2D eigenvalue weighted by atomic mass is 16.2. The standard InChI is InChI=1S/C17H15N5O/c23-16(20-17-18-10-5-11-19-17)15-13-8-4-9-14(13)22(21-15)12-6-2-1-3-7-12/h1-3,5-7,10-11H,4,8-9H2,(H,18,19,20,23). The number of benzene rings is 1. The van der Waals surface area contributed by atoms with Gasteiger partial charge in [0.15, 0.2) is 5.69 Å². The van der Waals surface area contributed by atoms with Crippen molar-refractivity contribution in [3.63, 3.8) is 0 Å². The fraction of sp³-hybridized carbons (Fsp3) is 0.176. The van der Waals surface area contributed by atoms with Gasteiger partial charge in [-0.25, -0.2) is 14.6 Å². The van der Waals surface area contributed by atoms with Gasteiger partial charge in [-0.3, -0.25) is 10.1 Å². The maximum atomic E-state index is 12.6. The number of amides is 1. The molecule has 3 aromatic rings. The monoisotopic (exact) mass is 305 g/mol. The second-order valence-corrected chi connectivity index (χ2v) is 5.40. The minimum atomic E-state index is -0.260. The summed E-state index contributed by atoms with van der Waals surface area (Å²) < 4.78 is 1.88. The molecule has 0 saturated heterocycles. The predicted octanol–water partition coefficient (Wildman–Crippen LogP) is 2.40. The third-order valence-electron chi connectivity index (χ3n) is 3.94. The summed E-state index contributed by atoms with van der Waals surface area (Å²) in [6.07, 6.45) is 6.04. The molecule has 2 heterocycles. The molecule has 1 aliphatic carbocycles. The van der Waals surface area contributed by atoms with Crippen LogP contribution in [0.1, 0.15) is 28.2 Å². The van der Waals surface area contributed by atoms with Crippen LogP contribution in [0, 0.1) is 0 Å². The Morgan fingerprint density at radius 3 is 2.61 bits per heavy atom. The molecule has 1 N–H and O–H groups in total. The molecule has 0 unspecified atom stereocenters. The third-order valence-corrected chi connectivity index (χ3v) is 3.94. The summed E-state index contributed by atoms with van der Waals surface area (Å²) in [5.74, 6) is 0.0301. The van der Waals surface area contributed by atoms with E-state index in [2.05, 4.69) is 20.4 Å². The molecule has 0 radical (unpaired) electrons. The first kappa shape index (κ1) is 13.6. The largest absolute Gasteiger partial charge is 0.289 e. The first-order valence-electron chi connectivity index (χ1n) is 7.57. The molecule has 23 heavy (non-hydrogen) atoms. The van der Waals surface area contributed by atoms with Crippen molar-refractivity contribution in [1.29, 1.82) is 0 Å². The molecule has 0 saturated carbocycles. The number of hydrogen-bond donors (Lipinski definition) is 1. The van der Waals surface area contributed by atoms with E-state index in [1.54, 1.807) is 18.5 Å². The van der Waals surface area contributed by atoms with Gasteiger partial charge in [-0.05, 0) is 37.5 Å². The van der Waals surface area contributed by atoms with Gasteiger partial charge in [-0.15, -0.1) is 0 Å². The van der Waals surface area contributed by atoms with Crippen LogP contribution in [0.2, 0.25) is 0 Å². The smallest absolute Gasteiger partial charge is 0.278 e. The summed E-state index contributed by atoms with van der Waals surface area (Å²) in [7, 11) is 0. The Hall–Kier alpha value is -3.02. The lowest BCUT2D eigenvalue weighted by Crippen LogP contribution is -2.16. The van der Waals surface area contributed by atoms with E-state index >= 15 is 0 Å². The van der Waals surface area contributed by atoms with Crippen LogP contribution in [-0.2, 0) is 12.8 Å². The lowest BCUT2D eigenvalue weighted by molar-refractivity contribution is 0.102. The Labute approximate surface area is 133 Å². The molecule has 1 aromatic carbocycles. The molecular formula is C17H15N5O. The van der Waals surface area contributed by atoms with Crippen LogP contribution in [0.5, 0.6) is 0 Å². The van der Waals surface area contributed by atoms with Crippen LogP contribution in [0.15, 0.2) is 48.8 Å². The number of fused-ring (bicyclic) bond motifs is 1. The first-order valence-corrected chi connectivity index (χ1v) is 7.57. The Kier molecular flexibility index (Phi) is 3.34. The number of hydrogen-bond acceptors (Lipinski definition) is 4. The second kappa shape index (κ2) is 5.64. The third kappa shape index (κ3) is 2.48. The molecule has 0 aliphatic heterocycles. The molecular weight excluding hydrogens is 290 g/mol. The lowest BCUT2D eigenvalue weighted by Gasteiger charge is -2.04. The van der Waals surface area contributed by atoms with Gasteiger partial charge >= 0.3 is 0 Å². The van der Waals surface area contributed by atoms with Crippen LogP contribution < -0.4 is 5.32 Å². The van der Waals surface area contributed by atoms with Gasteiger partial charge < -0.3 is 0 Å². The van der Waals surface area contributed by atoms with Crippen molar-refractivity contribution in [2.45, 2.75) is 19.3 Å². The molecule has 0 bridgehead atoms. The number of aromatic nitrogens is 4. The van der Waals surface area contributed by atoms with Gasteiger partial charge in [0.25, 0.3) is 5.91 Å². The van der Waals surface area contributed by atoms with Crippen molar-refractivity contribution in [3.8, 4) is 5.69 Å². The van der Waals surface area contributed by atoms with Crippen molar-refractivity contribution in [2.75, 3.05) is 5.32 Å². The summed E-state index contributed by atoms with van der Waals surface area (Å²) >= 11 is 0. The van der Waals surface area contributed by atoms with Crippen LogP contribution in [0.3, 0.4) is 0 Å². The van der Waals surface area contributed by atoms with E-state index in [9.17, 15) is 4.79 Å². The number of carbonyl (C=O) groups excluding carboxylic acids is 1. The molecule has 1 aliphatic rings. The van der Waals surface area contributed by atoms with Gasteiger partial charge in [0.05, 0.1) is 5.69 Å². The van der Waals surface area contributed by atoms with Gasteiger partial charge in [0.2, 0.25) is 5.95 Å². The quantitative estimate of drug-likeness (QED) is 0.806. The molecule has 6 nitrogen and oxygen atoms in total. The number of carbonyl (C=O) groups is 1. The highest BCUT2D eigenvalue weighted by molar-refractivity contribution is 6.03. The Morgan fingerprint density at radius 1 is 1.04 bits per heavy atom. The van der Waals surface area contributed by atoms with Gasteiger partial charge in [0.1, 0.15) is 0 Å². The molecule has 2 aromatic heterocycles. The number of nitrogens with one attached hydrogen (secondary N) is 1. The van der Waals surface area contributed by atoms with E-state index < -0.39 is 0 Å². The molecule has 114 valence electrons. The summed E-state index contributed by atoms with van der Waals surface area (Å²) in [5.41, 5.74) is 3.59. The van der Waals surface area contributed by atoms with Gasteiger partial charge in [-0.1, -0.05) is 18.2 Å². The number of rotatable bonds is 3. The summed E-state index contributed by atoms with van der Waals surface area (Å²) in [4.78, 5) is 20.6. The highest BCUT2D eigenvalue weighted by Crippen LogP contribution is 2.28. The van der Waals surface area contributed by atoms with E-state index in [4.69, 9.17) is 0 Å². The zero-order chi connectivity index (χ0) is 15.6. The van der Waals surface area contributed by atoms with Crippen LogP contribution in [0.4, 0.5) is 5.95 Å². The number of para-hydroxylation sites is 1. The summed E-state index contributed by atoms with van der Waals surface area (Å²) in [6.45, 7) is 0. The maximum absolute atomic E-state index is 12.6. The van der Waals surface area contributed by atoms with E-state index in [-0.39, 0.29) is 5.91 Å². The topological polar surface area (TPSA) is 72.7 Å². The van der Waals surface area contributed by atoms with Gasteiger partial charge in [0, 0.05) is 23.7 Å². The number of nitrogens with zero attached hydrogens (tertiary/aromatic N) is 4.